The molecule has 0 bridgehead atoms. The number of hydrogen-bond acceptors (Lipinski definition) is 7. The summed E-state index contributed by atoms with van der Waals surface area (Å²) in [5.41, 5.74) is 0. The van der Waals surface area contributed by atoms with Crippen molar-refractivity contribution in [1.82, 2.24) is 0 Å². The smallest absolute Gasteiger partial charge is 0.338 e. The Balaban J connectivity index is 2.73. The van der Waals surface area contributed by atoms with Crippen molar-refractivity contribution < 1.29 is 33.3 Å². The van der Waals surface area contributed by atoms with Gasteiger partial charge < -0.3 is 23.7 Å². The zero-order valence-corrected chi connectivity index (χ0v) is 8.59. The Kier molecular flexibility index (Phi) is 4.01. The summed E-state index contributed by atoms with van der Waals surface area (Å²) in [4.78, 5) is 22.4. The van der Waals surface area contributed by atoms with Crippen LogP contribution in [0.1, 0.15) is 0 Å². The highest BCUT2D eigenvalue weighted by atomic mass is 16.9. The third-order valence-electron chi connectivity index (χ3n) is 1.85. The van der Waals surface area contributed by atoms with Gasteiger partial charge in [-0.3, -0.25) is 0 Å². The summed E-state index contributed by atoms with van der Waals surface area (Å²) in [5, 5.41) is 0. The summed E-state index contributed by atoms with van der Waals surface area (Å²) in [7, 11) is 3.68. The summed E-state index contributed by atoms with van der Waals surface area (Å²) in [6, 6.07) is 0. The number of methoxy groups -OCH3 is 3. The maximum Gasteiger partial charge on any atom is 0.338 e. The third kappa shape index (κ3) is 2.44. The van der Waals surface area contributed by atoms with Crippen LogP contribution in [0.2, 0.25) is 0 Å². The molecule has 0 aliphatic carbocycles. The lowest BCUT2D eigenvalue weighted by molar-refractivity contribution is -0.231. The molecule has 0 radical (unpaired) electrons. The van der Waals surface area contributed by atoms with Gasteiger partial charge in [-0.2, -0.15) is 0 Å². The quantitative estimate of drug-likeness (QED) is 0.567. The van der Waals surface area contributed by atoms with Gasteiger partial charge in [0.1, 0.15) is 0 Å². The van der Waals surface area contributed by atoms with E-state index in [9.17, 15) is 9.59 Å². The molecule has 1 fully saturated rings. The molecule has 15 heavy (non-hydrogen) atoms. The molecule has 0 aromatic carbocycles. The van der Waals surface area contributed by atoms with E-state index in [-0.39, 0.29) is 0 Å². The molecule has 0 aromatic heterocycles. The fourth-order valence-corrected chi connectivity index (χ4v) is 1.12. The molecular weight excluding hydrogens is 208 g/mol. The average molecular weight is 220 g/mol. The molecule has 1 saturated heterocycles. The van der Waals surface area contributed by atoms with Gasteiger partial charge >= 0.3 is 11.9 Å². The number of rotatable bonds is 3. The highest BCUT2D eigenvalue weighted by Crippen LogP contribution is 2.21. The van der Waals surface area contributed by atoms with Crippen LogP contribution in [0.25, 0.3) is 0 Å². The molecule has 1 heterocycles. The Morgan fingerprint density at radius 2 is 1.33 bits per heavy atom. The van der Waals surface area contributed by atoms with E-state index in [1.807, 2.05) is 0 Å². The number of carbonyl (C=O) groups is 2. The molecule has 1 aliphatic rings. The summed E-state index contributed by atoms with van der Waals surface area (Å²) >= 11 is 0. The minimum atomic E-state index is -1.16. The minimum Gasteiger partial charge on any atom is -0.467 e. The second-order valence-corrected chi connectivity index (χ2v) is 2.68. The first-order chi connectivity index (χ1) is 7.13. The van der Waals surface area contributed by atoms with E-state index in [0.29, 0.717) is 0 Å². The number of esters is 2. The minimum absolute atomic E-state index is 0.718. The molecule has 0 saturated carbocycles. The standard InChI is InChI=1S/C8H12O7/c1-11-6(9)4-5(7(10)12-2)15-8(13-3)14-4/h4-5,8H,1-3H3/t4-,5-/m1/s1. The highest BCUT2D eigenvalue weighted by Gasteiger charge is 2.47. The van der Waals surface area contributed by atoms with Crippen LogP contribution in [0, 0.1) is 0 Å². The first-order valence-electron chi connectivity index (χ1n) is 4.13. The van der Waals surface area contributed by atoms with Gasteiger partial charge in [-0.1, -0.05) is 0 Å². The molecule has 86 valence electrons. The molecular formula is C8H12O7. The van der Waals surface area contributed by atoms with E-state index >= 15 is 0 Å². The SMILES string of the molecule is COC(=O)[C@@H]1OC(OC)O[C@H]1C(=O)OC. The van der Waals surface area contributed by atoms with E-state index in [1.54, 1.807) is 0 Å². The van der Waals surface area contributed by atoms with Crippen LogP contribution < -0.4 is 0 Å². The van der Waals surface area contributed by atoms with Crippen LogP contribution in [-0.4, -0.2) is 52.0 Å². The maximum atomic E-state index is 11.2. The van der Waals surface area contributed by atoms with Crippen LogP contribution in [0.4, 0.5) is 0 Å². The highest BCUT2D eigenvalue weighted by molar-refractivity contribution is 5.86. The molecule has 1 rings (SSSR count). The van der Waals surface area contributed by atoms with Crippen molar-refractivity contribution in [2.45, 2.75) is 18.7 Å². The van der Waals surface area contributed by atoms with Crippen LogP contribution in [0.15, 0.2) is 0 Å². The number of ether oxygens (including phenoxy) is 5. The maximum absolute atomic E-state index is 11.2. The molecule has 1 aliphatic heterocycles. The zero-order valence-electron chi connectivity index (χ0n) is 8.59. The zero-order chi connectivity index (χ0) is 11.4. The van der Waals surface area contributed by atoms with Crippen LogP contribution >= 0.6 is 0 Å². The Morgan fingerprint density at radius 3 is 1.60 bits per heavy atom. The van der Waals surface area contributed by atoms with Gasteiger partial charge in [-0.15, -0.1) is 0 Å². The van der Waals surface area contributed by atoms with E-state index < -0.39 is 30.6 Å². The molecule has 7 heteroatoms. The van der Waals surface area contributed by atoms with Gasteiger partial charge in [0, 0.05) is 7.11 Å². The topological polar surface area (TPSA) is 80.3 Å². The van der Waals surface area contributed by atoms with Crippen molar-refractivity contribution in [2.75, 3.05) is 21.3 Å². The number of hydrogen-bond donors (Lipinski definition) is 0. The summed E-state index contributed by atoms with van der Waals surface area (Å²) < 4.78 is 23.5. The molecule has 7 nitrogen and oxygen atoms in total. The van der Waals surface area contributed by atoms with Crippen molar-refractivity contribution >= 4 is 11.9 Å². The third-order valence-corrected chi connectivity index (χ3v) is 1.85. The second kappa shape index (κ2) is 5.06. The predicted molar refractivity (Wildman–Crippen MR) is 44.6 cm³/mol. The molecule has 0 unspecified atom stereocenters. The van der Waals surface area contributed by atoms with Crippen molar-refractivity contribution in [3.05, 3.63) is 0 Å². The van der Waals surface area contributed by atoms with Crippen molar-refractivity contribution in [2.24, 2.45) is 0 Å². The van der Waals surface area contributed by atoms with Crippen molar-refractivity contribution in [3.8, 4) is 0 Å². The van der Waals surface area contributed by atoms with Gasteiger partial charge in [0.15, 0.2) is 12.2 Å². The largest absolute Gasteiger partial charge is 0.467 e. The van der Waals surface area contributed by atoms with Crippen molar-refractivity contribution in [1.29, 1.82) is 0 Å². The fraction of sp³-hybridized carbons (Fsp3) is 0.750. The van der Waals surface area contributed by atoms with Gasteiger partial charge in [-0.05, 0) is 0 Å². The lowest BCUT2D eigenvalue weighted by Crippen LogP contribution is -2.38. The lowest BCUT2D eigenvalue weighted by Gasteiger charge is -2.11. The van der Waals surface area contributed by atoms with E-state index in [2.05, 4.69) is 9.47 Å². The lowest BCUT2D eigenvalue weighted by atomic mass is 10.2. The van der Waals surface area contributed by atoms with Crippen LogP contribution in [0.3, 0.4) is 0 Å². The van der Waals surface area contributed by atoms with Gasteiger partial charge in [0.2, 0.25) is 0 Å². The van der Waals surface area contributed by atoms with Crippen LogP contribution in [0.5, 0.6) is 0 Å². The van der Waals surface area contributed by atoms with Crippen molar-refractivity contribution in [3.63, 3.8) is 0 Å². The average Bonchev–Trinajstić information content (AvgIpc) is 2.70. The Bertz CT molecular complexity index is 227. The monoisotopic (exact) mass is 220 g/mol. The number of carbonyl (C=O) groups excluding carboxylic acids is 2. The predicted octanol–water partition coefficient (Wildman–Crippen LogP) is -0.954. The first-order valence-corrected chi connectivity index (χ1v) is 4.13. The van der Waals surface area contributed by atoms with Crippen LogP contribution in [-0.2, 0) is 33.3 Å². The normalized spacial score (nSPS) is 26.3. The molecule has 0 N–H and O–H groups in total. The molecule has 0 spiro atoms. The van der Waals surface area contributed by atoms with E-state index in [0.717, 1.165) is 0 Å². The summed E-state index contributed by atoms with van der Waals surface area (Å²) in [6.45, 7) is -1.07. The van der Waals surface area contributed by atoms with E-state index in [1.165, 1.54) is 21.3 Å². The Hall–Kier alpha value is -1.18. The second-order valence-electron chi connectivity index (χ2n) is 2.68. The molecule has 2 atom stereocenters. The fourth-order valence-electron chi connectivity index (χ4n) is 1.12. The Morgan fingerprint density at radius 1 is 0.933 bits per heavy atom. The summed E-state index contributed by atoms with van der Waals surface area (Å²) in [6.07, 6.45) is -2.32. The first kappa shape index (κ1) is 11.9. The van der Waals surface area contributed by atoms with Gasteiger partial charge in [-0.25, -0.2) is 9.59 Å². The van der Waals surface area contributed by atoms with Gasteiger partial charge in [0.05, 0.1) is 14.2 Å². The Labute approximate surface area is 86.2 Å². The molecule has 0 aromatic rings. The summed E-state index contributed by atoms with van der Waals surface area (Å²) in [5.74, 6) is -1.44. The van der Waals surface area contributed by atoms with E-state index in [4.69, 9.17) is 14.2 Å². The molecule has 0 amide bonds. The van der Waals surface area contributed by atoms with Gasteiger partial charge in [0.25, 0.3) is 6.48 Å².